The van der Waals surface area contributed by atoms with Crippen LogP contribution in [0, 0.1) is 0 Å². The van der Waals surface area contributed by atoms with Crippen LogP contribution in [0.3, 0.4) is 0 Å². The summed E-state index contributed by atoms with van der Waals surface area (Å²) < 4.78 is 10.3. The van der Waals surface area contributed by atoms with Crippen molar-refractivity contribution in [3.63, 3.8) is 0 Å². The summed E-state index contributed by atoms with van der Waals surface area (Å²) in [5, 5.41) is 31.2. The highest BCUT2D eigenvalue weighted by Gasteiger charge is 2.47. The molecule has 0 aliphatic carbocycles. The maximum Gasteiger partial charge on any atom is 0.257 e. The second kappa shape index (κ2) is 4.18. The van der Waals surface area contributed by atoms with Crippen molar-refractivity contribution < 1.29 is 24.8 Å². The molecular formula is C8H13NO5S. The van der Waals surface area contributed by atoms with Crippen LogP contribution in [-0.4, -0.2) is 57.7 Å². The number of aliphatic hydroxyl groups excluding tert-OH is 3. The number of hydrogen-bond acceptors (Lipinski definition) is 6. The van der Waals surface area contributed by atoms with E-state index in [0.29, 0.717) is 13.0 Å². The summed E-state index contributed by atoms with van der Waals surface area (Å²) in [5.41, 5.74) is 0. The zero-order valence-electron chi connectivity index (χ0n) is 7.87. The Bertz CT molecular complexity index is 263. The van der Waals surface area contributed by atoms with Gasteiger partial charge >= 0.3 is 0 Å². The van der Waals surface area contributed by atoms with Gasteiger partial charge in [0.2, 0.25) is 0 Å². The normalized spacial score (nSPS) is 46.1. The van der Waals surface area contributed by atoms with Gasteiger partial charge in [-0.3, -0.25) is 0 Å². The molecule has 0 spiro atoms. The molecule has 2 aliphatic rings. The molecule has 0 radical (unpaired) electrons. The third-order valence-electron chi connectivity index (χ3n) is 2.60. The van der Waals surface area contributed by atoms with Crippen LogP contribution in [0.1, 0.15) is 6.42 Å². The summed E-state index contributed by atoms with van der Waals surface area (Å²) in [6, 6.07) is 0. The first-order valence-electron chi connectivity index (χ1n) is 4.74. The van der Waals surface area contributed by atoms with Crippen molar-refractivity contribution in [3.05, 3.63) is 0 Å². The topological polar surface area (TPSA) is 91.2 Å². The molecule has 4 N–H and O–H groups in total. The second-order valence-electron chi connectivity index (χ2n) is 3.63. The van der Waals surface area contributed by atoms with Gasteiger partial charge in [0.1, 0.15) is 24.4 Å². The lowest BCUT2D eigenvalue weighted by Crippen LogP contribution is -2.47. The minimum absolute atomic E-state index is 0.248. The van der Waals surface area contributed by atoms with E-state index in [1.54, 1.807) is 0 Å². The molecule has 5 atom stereocenters. The SMILES string of the molecule is OC1O[C@H](C2CCNC(=S)O2)[C@H](O)[C@H]1O. The van der Waals surface area contributed by atoms with Gasteiger partial charge < -0.3 is 30.1 Å². The standard InChI is InChI=1S/C8H13NO5S/c10-4-5(11)7(12)14-6(4)3-1-2-9-8(15)13-3/h3-7,10-12H,1-2H2,(H,9,15)/t3?,4-,5-,6-,7?/m1/s1. The van der Waals surface area contributed by atoms with E-state index in [1.807, 2.05) is 0 Å². The Hall–Kier alpha value is -0.470. The Morgan fingerprint density at radius 3 is 2.53 bits per heavy atom. The first-order chi connectivity index (χ1) is 7.09. The van der Waals surface area contributed by atoms with Gasteiger partial charge in [-0.05, 0) is 12.2 Å². The van der Waals surface area contributed by atoms with E-state index in [4.69, 9.17) is 21.7 Å². The minimum atomic E-state index is -1.36. The molecule has 7 heteroatoms. The monoisotopic (exact) mass is 235 g/mol. The van der Waals surface area contributed by atoms with E-state index < -0.39 is 30.7 Å². The maximum absolute atomic E-state index is 9.59. The molecule has 6 nitrogen and oxygen atoms in total. The summed E-state index contributed by atoms with van der Waals surface area (Å²) in [7, 11) is 0. The molecule has 0 aromatic carbocycles. The van der Waals surface area contributed by atoms with Crippen LogP contribution in [0.2, 0.25) is 0 Å². The zero-order valence-corrected chi connectivity index (χ0v) is 8.68. The Balaban J connectivity index is 2.01. The lowest BCUT2D eigenvalue weighted by molar-refractivity contribution is -0.145. The predicted octanol–water partition coefficient (Wildman–Crippen LogP) is -1.91. The minimum Gasteiger partial charge on any atom is -0.465 e. The smallest absolute Gasteiger partial charge is 0.257 e. The van der Waals surface area contributed by atoms with Gasteiger partial charge in [-0.25, -0.2) is 0 Å². The molecular weight excluding hydrogens is 222 g/mol. The van der Waals surface area contributed by atoms with Crippen molar-refractivity contribution in [1.82, 2.24) is 5.32 Å². The third kappa shape index (κ3) is 2.06. The Morgan fingerprint density at radius 2 is 2.00 bits per heavy atom. The number of nitrogens with one attached hydrogen (secondary N) is 1. The molecule has 2 rings (SSSR count). The average Bonchev–Trinajstić information content (AvgIpc) is 2.46. The molecule has 2 saturated heterocycles. The van der Waals surface area contributed by atoms with Crippen LogP contribution in [0.4, 0.5) is 0 Å². The largest absolute Gasteiger partial charge is 0.465 e. The van der Waals surface area contributed by atoms with Gasteiger partial charge in [0.15, 0.2) is 6.29 Å². The van der Waals surface area contributed by atoms with Gasteiger partial charge in [0.25, 0.3) is 5.17 Å². The first kappa shape index (κ1) is 11.0. The molecule has 15 heavy (non-hydrogen) atoms. The lowest BCUT2D eigenvalue weighted by Gasteiger charge is -2.30. The number of aliphatic hydroxyl groups is 3. The predicted molar refractivity (Wildman–Crippen MR) is 53.0 cm³/mol. The van der Waals surface area contributed by atoms with Crippen LogP contribution in [0.25, 0.3) is 0 Å². The highest BCUT2D eigenvalue weighted by atomic mass is 32.1. The van der Waals surface area contributed by atoms with Gasteiger partial charge in [-0.15, -0.1) is 0 Å². The highest BCUT2D eigenvalue weighted by Crippen LogP contribution is 2.26. The number of ether oxygens (including phenoxy) is 2. The molecule has 0 aromatic heterocycles. The maximum atomic E-state index is 9.59. The summed E-state index contributed by atoms with van der Waals surface area (Å²) in [6.45, 7) is 0.627. The Morgan fingerprint density at radius 1 is 1.27 bits per heavy atom. The number of rotatable bonds is 1. The molecule has 0 saturated carbocycles. The van der Waals surface area contributed by atoms with Crippen LogP contribution in [0.5, 0.6) is 0 Å². The first-order valence-corrected chi connectivity index (χ1v) is 5.14. The number of hydrogen-bond donors (Lipinski definition) is 4. The molecule has 2 heterocycles. The van der Waals surface area contributed by atoms with E-state index >= 15 is 0 Å². The summed E-state index contributed by atoms with van der Waals surface area (Å²) in [5.74, 6) is 0. The molecule has 0 aromatic rings. The fourth-order valence-electron chi connectivity index (χ4n) is 1.78. The third-order valence-corrected chi connectivity index (χ3v) is 2.84. The summed E-state index contributed by atoms with van der Waals surface area (Å²) >= 11 is 4.82. The molecule has 86 valence electrons. The van der Waals surface area contributed by atoms with Crippen molar-refractivity contribution in [3.8, 4) is 0 Å². The van der Waals surface area contributed by atoms with Crippen molar-refractivity contribution in [2.45, 2.75) is 37.1 Å². The lowest BCUT2D eigenvalue weighted by atomic mass is 10.0. The summed E-state index contributed by atoms with van der Waals surface area (Å²) in [4.78, 5) is 0. The van der Waals surface area contributed by atoms with Crippen molar-refractivity contribution in [1.29, 1.82) is 0 Å². The van der Waals surface area contributed by atoms with Gasteiger partial charge in [-0.1, -0.05) is 0 Å². The van der Waals surface area contributed by atoms with Gasteiger partial charge in [0, 0.05) is 13.0 Å². The van der Waals surface area contributed by atoms with Gasteiger partial charge in [-0.2, -0.15) is 0 Å². The Labute approximate surface area is 91.8 Å². The van der Waals surface area contributed by atoms with E-state index in [1.165, 1.54) is 0 Å². The highest BCUT2D eigenvalue weighted by molar-refractivity contribution is 7.80. The van der Waals surface area contributed by atoms with Crippen LogP contribution in [0.15, 0.2) is 0 Å². The number of thiocarbonyl (C=S) groups is 1. The Kier molecular flexibility index (Phi) is 3.08. The molecule has 0 bridgehead atoms. The van der Waals surface area contributed by atoms with E-state index in [9.17, 15) is 15.3 Å². The zero-order chi connectivity index (χ0) is 11.0. The van der Waals surface area contributed by atoms with Crippen LogP contribution in [-0.2, 0) is 9.47 Å². The average molecular weight is 235 g/mol. The fraction of sp³-hybridized carbons (Fsp3) is 0.875. The second-order valence-corrected chi connectivity index (χ2v) is 4.00. The van der Waals surface area contributed by atoms with Crippen molar-refractivity contribution in [2.24, 2.45) is 0 Å². The molecule has 2 aliphatic heterocycles. The molecule has 2 unspecified atom stereocenters. The van der Waals surface area contributed by atoms with Crippen molar-refractivity contribution in [2.75, 3.05) is 6.54 Å². The quantitative estimate of drug-likeness (QED) is 0.394. The van der Waals surface area contributed by atoms with E-state index in [0.717, 1.165) is 0 Å². The summed E-state index contributed by atoms with van der Waals surface area (Å²) in [6.07, 6.45) is -4.37. The van der Waals surface area contributed by atoms with E-state index in [2.05, 4.69) is 5.32 Å². The van der Waals surface area contributed by atoms with E-state index in [-0.39, 0.29) is 5.17 Å². The van der Waals surface area contributed by atoms with Crippen LogP contribution < -0.4 is 5.32 Å². The molecule has 2 fully saturated rings. The van der Waals surface area contributed by atoms with Crippen molar-refractivity contribution >= 4 is 17.4 Å². The molecule has 0 amide bonds. The fourth-order valence-corrected chi connectivity index (χ4v) is 2.00. The van der Waals surface area contributed by atoms with Gasteiger partial charge in [0.05, 0.1) is 0 Å². The van der Waals surface area contributed by atoms with Crippen LogP contribution >= 0.6 is 12.2 Å².